The first kappa shape index (κ1) is 25.4. The van der Waals surface area contributed by atoms with Crippen molar-refractivity contribution in [2.75, 3.05) is 36.5 Å². The molecule has 1 aliphatic heterocycles. The first-order chi connectivity index (χ1) is 17.2. The number of carbonyl (C=O) groups is 2. The van der Waals surface area contributed by atoms with Gasteiger partial charge in [0, 0.05) is 43.2 Å². The Kier molecular flexibility index (Phi) is 7.39. The molecule has 11 heteroatoms. The number of aromatic nitrogens is 3. The summed E-state index contributed by atoms with van der Waals surface area (Å²) in [5, 5.41) is 15.4. The summed E-state index contributed by atoms with van der Waals surface area (Å²) in [4.78, 5) is 39.2. The van der Waals surface area contributed by atoms with E-state index in [1.807, 2.05) is 30.9 Å². The molecule has 1 aliphatic rings. The third kappa shape index (κ3) is 5.25. The van der Waals surface area contributed by atoms with Crippen molar-refractivity contribution in [3.63, 3.8) is 0 Å². The van der Waals surface area contributed by atoms with Crippen LogP contribution in [0.3, 0.4) is 0 Å². The van der Waals surface area contributed by atoms with Crippen molar-refractivity contribution in [2.24, 2.45) is 5.41 Å². The van der Waals surface area contributed by atoms with Gasteiger partial charge in [-0.2, -0.15) is 0 Å². The van der Waals surface area contributed by atoms with Gasteiger partial charge in [-0.25, -0.2) is 19.7 Å². The highest BCUT2D eigenvalue weighted by atomic mass is 32.1. The minimum absolute atomic E-state index is 0.313. The van der Waals surface area contributed by atoms with E-state index in [1.54, 1.807) is 19.3 Å². The monoisotopic (exact) mass is 510 g/mol. The second kappa shape index (κ2) is 10.5. The Morgan fingerprint density at radius 1 is 1.19 bits per heavy atom. The predicted molar refractivity (Wildman–Crippen MR) is 141 cm³/mol. The summed E-state index contributed by atoms with van der Waals surface area (Å²) in [5.41, 5.74) is 2.43. The number of carboxylic acid groups (broad SMARTS) is 1. The molecule has 2 aromatic heterocycles. The number of ether oxygens (including phenoxy) is 1. The van der Waals surface area contributed by atoms with Crippen LogP contribution in [0.15, 0.2) is 31.1 Å². The van der Waals surface area contributed by atoms with Gasteiger partial charge < -0.3 is 20.1 Å². The summed E-state index contributed by atoms with van der Waals surface area (Å²) in [6.45, 7) is 11.8. The average Bonchev–Trinajstić information content (AvgIpc) is 3.26. The van der Waals surface area contributed by atoms with Crippen LogP contribution < -0.4 is 15.5 Å². The van der Waals surface area contributed by atoms with Gasteiger partial charge >= 0.3 is 12.0 Å². The lowest BCUT2D eigenvalue weighted by Crippen LogP contribution is -2.43. The van der Waals surface area contributed by atoms with Gasteiger partial charge in [-0.1, -0.05) is 17.9 Å². The second-order valence-electron chi connectivity index (χ2n) is 8.86. The van der Waals surface area contributed by atoms with Crippen molar-refractivity contribution in [3.8, 4) is 11.1 Å². The first-order valence-electron chi connectivity index (χ1n) is 11.9. The maximum absolute atomic E-state index is 12.0. The summed E-state index contributed by atoms with van der Waals surface area (Å²) >= 11 is 1.36. The minimum Gasteiger partial charge on any atom is -0.494 e. The van der Waals surface area contributed by atoms with Gasteiger partial charge in [0.25, 0.3) is 0 Å². The molecular weight excluding hydrogens is 480 g/mol. The van der Waals surface area contributed by atoms with Gasteiger partial charge in [0.15, 0.2) is 5.13 Å². The Balaban J connectivity index is 1.62. The topological polar surface area (TPSA) is 130 Å². The smallest absolute Gasteiger partial charge is 0.321 e. The maximum atomic E-state index is 12.0. The van der Waals surface area contributed by atoms with Gasteiger partial charge in [-0.15, -0.1) is 0 Å². The first-order valence-corrected chi connectivity index (χ1v) is 12.7. The summed E-state index contributed by atoms with van der Waals surface area (Å²) < 4.78 is 6.55. The molecular formula is C25H30N6O4S. The van der Waals surface area contributed by atoms with E-state index in [0.29, 0.717) is 61.4 Å². The fourth-order valence-corrected chi connectivity index (χ4v) is 5.03. The molecule has 0 aliphatic carbocycles. The molecule has 0 atom stereocenters. The lowest BCUT2D eigenvalue weighted by atomic mass is 9.80. The number of anilines is 2. The fourth-order valence-electron chi connectivity index (χ4n) is 4.06. The number of benzene rings is 1. The Morgan fingerprint density at radius 3 is 2.50 bits per heavy atom. The normalized spacial score (nSPS) is 14.9. The third-order valence-electron chi connectivity index (χ3n) is 6.30. The van der Waals surface area contributed by atoms with Gasteiger partial charge in [0.05, 0.1) is 22.2 Å². The van der Waals surface area contributed by atoms with Crippen LogP contribution in [0.4, 0.5) is 15.9 Å². The van der Waals surface area contributed by atoms with Crippen LogP contribution >= 0.6 is 11.3 Å². The van der Waals surface area contributed by atoms with Crippen molar-refractivity contribution in [1.29, 1.82) is 0 Å². The highest BCUT2D eigenvalue weighted by Gasteiger charge is 2.37. The van der Waals surface area contributed by atoms with Crippen LogP contribution in [0.25, 0.3) is 27.1 Å². The lowest BCUT2D eigenvalue weighted by Gasteiger charge is -2.36. The highest BCUT2D eigenvalue weighted by Crippen LogP contribution is 2.37. The van der Waals surface area contributed by atoms with Crippen molar-refractivity contribution >= 4 is 50.4 Å². The van der Waals surface area contributed by atoms with Crippen LogP contribution in [0.1, 0.15) is 39.2 Å². The van der Waals surface area contributed by atoms with E-state index in [-0.39, 0.29) is 6.03 Å². The minimum atomic E-state index is -0.760. The number of thiazole rings is 1. The maximum Gasteiger partial charge on any atom is 0.321 e. The molecule has 3 aromatic rings. The second-order valence-corrected chi connectivity index (χ2v) is 9.86. The van der Waals surface area contributed by atoms with Crippen LogP contribution in [0, 0.1) is 5.41 Å². The van der Waals surface area contributed by atoms with Crippen molar-refractivity contribution in [1.82, 2.24) is 20.3 Å². The van der Waals surface area contributed by atoms with Crippen molar-refractivity contribution < 1.29 is 19.4 Å². The van der Waals surface area contributed by atoms with Crippen LogP contribution in [0.2, 0.25) is 0 Å². The van der Waals surface area contributed by atoms with E-state index in [4.69, 9.17) is 4.74 Å². The zero-order valence-corrected chi connectivity index (χ0v) is 21.4. The molecule has 3 N–H and O–H groups in total. The Labute approximate surface area is 213 Å². The van der Waals surface area contributed by atoms with Crippen LogP contribution in [-0.4, -0.2) is 58.3 Å². The number of rotatable bonds is 8. The number of piperidine rings is 1. The zero-order valence-electron chi connectivity index (χ0n) is 20.6. The molecule has 0 radical (unpaired) electrons. The number of urea groups is 1. The number of nitrogens with zero attached hydrogens (tertiary/aromatic N) is 4. The molecule has 1 fully saturated rings. The molecule has 190 valence electrons. The number of hydrogen-bond acceptors (Lipinski definition) is 8. The highest BCUT2D eigenvalue weighted by molar-refractivity contribution is 7.22. The van der Waals surface area contributed by atoms with Gasteiger partial charge in [-0.3, -0.25) is 10.1 Å². The van der Waals surface area contributed by atoms with Crippen LogP contribution in [0.5, 0.6) is 0 Å². The van der Waals surface area contributed by atoms with Crippen LogP contribution in [-0.2, 0) is 9.53 Å². The van der Waals surface area contributed by atoms with E-state index < -0.39 is 11.4 Å². The molecule has 1 aromatic carbocycles. The summed E-state index contributed by atoms with van der Waals surface area (Å²) in [5.74, 6) is 0.336. The Bertz CT molecular complexity index is 1280. The predicted octanol–water partition coefficient (Wildman–Crippen LogP) is 4.59. The van der Waals surface area contributed by atoms with Crippen molar-refractivity contribution in [3.05, 3.63) is 36.7 Å². The Morgan fingerprint density at radius 2 is 1.89 bits per heavy atom. The number of carboxylic acids is 1. The molecule has 1 saturated heterocycles. The fraction of sp³-hybridized carbons (Fsp3) is 0.400. The molecule has 0 spiro atoms. The van der Waals surface area contributed by atoms with E-state index >= 15 is 0 Å². The summed E-state index contributed by atoms with van der Waals surface area (Å²) in [7, 11) is 0. The molecule has 3 heterocycles. The average molecular weight is 511 g/mol. The largest absolute Gasteiger partial charge is 0.494 e. The zero-order chi connectivity index (χ0) is 25.9. The summed E-state index contributed by atoms with van der Waals surface area (Å²) in [6.07, 6.45) is 4.59. The van der Waals surface area contributed by atoms with E-state index in [2.05, 4.69) is 32.2 Å². The van der Waals surface area contributed by atoms with E-state index in [1.165, 1.54) is 11.3 Å². The summed E-state index contributed by atoms with van der Waals surface area (Å²) in [6, 6.07) is 3.58. The lowest BCUT2D eigenvalue weighted by molar-refractivity contribution is -0.149. The number of amides is 2. The third-order valence-corrected chi connectivity index (χ3v) is 7.32. The van der Waals surface area contributed by atoms with Gasteiger partial charge in [0.1, 0.15) is 5.76 Å². The molecule has 0 saturated carbocycles. The Hall–Kier alpha value is -3.73. The molecule has 10 nitrogen and oxygen atoms in total. The molecule has 4 rings (SSSR count). The van der Waals surface area contributed by atoms with Gasteiger partial charge in [0.2, 0.25) is 5.95 Å². The molecule has 2 amide bonds. The quantitative estimate of drug-likeness (QED) is 0.375. The van der Waals surface area contributed by atoms with Gasteiger partial charge in [-0.05, 0) is 51.3 Å². The molecule has 0 unspecified atom stereocenters. The SMILES string of the molecule is C=C(OCC)c1cc(-c2cnc(N3CCC(C)(C(=O)O)CC3)nc2)cc2nc(NC(=O)NCC)sc12. The van der Waals surface area contributed by atoms with Crippen molar-refractivity contribution in [2.45, 2.75) is 33.6 Å². The number of aliphatic carboxylic acids is 1. The standard InChI is InChI=1S/C25H30N6O4S/c1-5-26-23(34)30-24-29-19-12-16(11-18(20(19)36-24)15(3)35-6-2)17-13-27-22(28-14-17)31-9-7-25(4,8-10-31)21(32)33/h11-14H,3,5-10H2,1-2,4H3,(H,32,33)(H2,26,29,30,34). The number of carbonyl (C=O) groups excluding carboxylic acids is 1. The van der Waals surface area contributed by atoms with E-state index in [0.717, 1.165) is 21.4 Å². The molecule has 0 bridgehead atoms. The molecule has 36 heavy (non-hydrogen) atoms. The number of hydrogen-bond donors (Lipinski definition) is 3. The number of fused-ring (bicyclic) bond motifs is 1. The number of nitrogens with one attached hydrogen (secondary N) is 2. The van der Waals surface area contributed by atoms with E-state index in [9.17, 15) is 14.7 Å².